The third kappa shape index (κ3) is 7.16. The molecular weight excluding hydrogens is 718 g/mol. The molecule has 0 amide bonds. The van der Waals surface area contributed by atoms with Crippen LogP contribution in [0.4, 0.5) is 0 Å². The molecule has 8 rings (SSSR count). The van der Waals surface area contributed by atoms with Crippen molar-refractivity contribution in [2.75, 3.05) is 0 Å². The van der Waals surface area contributed by atoms with Crippen molar-refractivity contribution in [2.45, 2.75) is 12.8 Å². The zero-order chi connectivity index (χ0) is 27.1. The molecule has 2 aliphatic carbocycles. The molecule has 2 aliphatic rings. The Labute approximate surface area is 276 Å². The van der Waals surface area contributed by atoms with E-state index < -0.39 is 0 Å². The van der Waals surface area contributed by atoms with Crippen LogP contribution in [0, 0.1) is 12.1 Å². The molecule has 42 heavy (non-hydrogen) atoms. The van der Waals surface area contributed by atoms with E-state index in [1.807, 2.05) is 12.1 Å². The van der Waals surface area contributed by atoms with Crippen LogP contribution >= 0.6 is 0 Å². The fourth-order valence-electron chi connectivity index (χ4n) is 5.37. The maximum Gasteiger partial charge on any atom is -0.0253 e. The fourth-order valence-corrected chi connectivity index (χ4v) is 6.57. The largest absolute Gasteiger partial charge is 0.179 e. The molecule has 204 valence electrons. The molecule has 0 atom stereocenters. The first-order valence-corrected chi connectivity index (χ1v) is 15.4. The smallest absolute Gasteiger partial charge is 0.0253 e. The minimum absolute atomic E-state index is 0. The molecule has 0 heterocycles. The van der Waals surface area contributed by atoms with E-state index in [-0.39, 0.29) is 24.8 Å². The standard InChI is InChI=1S/2C13H9.C13H10.2ClH.Hf/c2*1-3-7-12-10(5-1)9-11-6-2-4-8-13(11)12;1-3-7-12(8-4-1)11-13-9-5-2-6-10-13;;;/h2*1-5,7-8H,9H2;1-10H;2*1H;/q2*-1;;;;+2/p-2. The molecule has 0 spiro atoms. The second kappa shape index (κ2) is 15.2. The number of hydrogen-bond acceptors (Lipinski definition) is 0. The number of benzene rings is 6. The SMILES string of the molecule is [Cl-].[Cl-].[Hf+2]=[C](c1ccccc1)c1ccccc1.[c-]1cccc2c1Cc1ccccc1-2.[c-]1cccc2c1Cc1ccccc1-2. The van der Waals surface area contributed by atoms with Crippen LogP contribution in [0.25, 0.3) is 22.3 Å². The molecule has 0 unspecified atom stereocenters. The van der Waals surface area contributed by atoms with Crippen LogP contribution in [-0.2, 0) is 36.7 Å². The van der Waals surface area contributed by atoms with Crippen LogP contribution in [0.3, 0.4) is 0 Å². The Bertz CT molecular complexity index is 1540. The zero-order valence-corrected chi connectivity index (χ0v) is 28.1. The van der Waals surface area contributed by atoms with Crippen molar-refractivity contribution in [3.8, 4) is 22.3 Å². The topological polar surface area (TPSA) is 0 Å². The van der Waals surface area contributed by atoms with E-state index in [2.05, 4.69) is 146 Å². The van der Waals surface area contributed by atoms with Gasteiger partial charge in [-0.2, -0.15) is 59.7 Å². The van der Waals surface area contributed by atoms with E-state index in [0.717, 1.165) is 36.7 Å². The fraction of sp³-hybridized carbons (Fsp3) is 0.0513. The van der Waals surface area contributed by atoms with E-state index in [1.54, 1.807) is 0 Å². The van der Waals surface area contributed by atoms with Crippen molar-refractivity contribution in [3.63, 3.8) is 0 Å². The van der Waals surface area contributed by atoms with Gasteiger partial charge in [-0.05, 0) is 12.8 Å². The number of halogens is 2. The second-order valence-electron chi connectivity index (χ2n) is 9.90. The summed E-state index contributed by atoms with van der Waals surface area (Å²) in [6.07, 6.45) is 2.10. The van der Waals surface area contributed by atoms with E-state index in [4.69, 9.17) is 0 Å². The molecule has 0 fully saturated rings. The molecule has 0 aromatic heterocycles. The van der Waals surface area contributed by atoms with Gasteiger partial charge in [0.05, 0.1) is 0 Å². The maximum absolute atomic E-state index is 3.30. The molecular formula is C39H28Cl2Hf-2. The maximum atomic E-state index is 3.30. The zero-order valence-electron chi connectivity index (χ0n) is 23.0. The van der Waals surface area contributed by atoms with Gasteiger partial charge in [-0.1, -0.05) is 70.8 Å². The first-order chi connectivity index (χ1) is 19.8. The minimum Gasteiger partial charge on any atom is -0.179 e. The van der Waals surface area contributed by atoms with Gasteiger partial charge in [-0.3, -0.25) is 0 Å². The van der Waals surface area contributed by atoms with Crippen LogP contribution in [0.15, 0.2) is 146 Å². The van der Waals surface area contributed by atoms with Crippen LogP contribution in [-0.4, -0.2) is 3.26 Å². The summed E-state index contributed by atoms with van der Waals surface area (Å²) in [6.45, 7) is 0. The summed E-state index contributed by atoms with van der Waals surface area (Å²) in [5.41, 5.74) is 13.7. The first-order valence-electron chi connectivity index (χ1n) is 13.6. The summed E-state index contributed by atoms with van der Waals surface area (Å²) in [5.74, 6) is 0. The monoisotopic (exact) mass is 746 g/mol. The second-order valence-corrected chi connectivity index (χ2v) is 11.7. The summed E-state index contributed by atoms with van der Waals surface area (Å²) >= 11 is 1.08. The molecule has 0 nitrogen and oxygen atoms in total. The van der Waals surface area contributed by atoms with Crippen molar-refractivity contribution in [1.82, 2.24) is 0 Å². The molecule has 3 heteroatoms. The van der Waals surface area contributed by atoms with Crippen molar-refractivity contribution in [1.29, 1.82) is 0 Å². The van der Waals surface area contributed by atoms with Gasteiger partial charge in [0.2, 0.25) is 0 Å². The van der Waals surface area contributed by atoms with Crippen LogP contribution < -0.4 is 24.8 Å². The number of hydrogen-bond donors (Lipinski definition) is 0. The number of rotatable bonds is 2. The Morgan fingerprint density at radius 1 is 0.429 bits per heavy atom. The predicted octanol–water partition coefficient (Wildman–Crippen LogP) is 2.93. The average molecular weight is 746 g/mol. The van der Waals surface area contributed by atoms with Crippen LogP contribution in [0.5, 0.6) is 0 Å². The van der Waals surface area contributed by atoms with Gasteiger partial charge in [0.1, 0.15) is 0 Å². The normalized spacial score (nSPS) is 10.9. The van der Waals surface area contributed by atoms with Crippen LogP contribution in [0.2, 0.25) is 0 Å². The molecule has 0 N–H and O–H groups in total. The van der Waals surface area contributed by atoms with E-state index in [9.17, 15) is 0 Å². The Balaban J connectivity index is 0.000000141. The molecule has 0 radical (unpaired) electrons. The first kappa shape index (κ1) is 31.6. The molecule has 6 aromatic rings. The Hall–Kier alpha value is -3.36. The number of fused-ring (bicyclic) bond motifs is 6. The summed E-state index contributed by atoms with van der Waals surface area (Å²) in [5, 5.41) is 0. The Morgan fingerprint density at radius 2 is 0.786 bits per heavy atom. The third-order valence-electron chi connectivity index (χ3n) is 7.36. The van der Waals surface area contributed by atoms with Crippen LogP contribution in [0.1, 0.15) is 33.4 Å². The van der Waals surface area contributed by atoms with Crippen molar-refractivity contribution < 1.29 is 48.7 Å². The summed E-state index contributed by atoms with van der Waals surface area (Å²) < 4.78 is 1.46. The third-order valence-corrected chi connectivity index (χ3v) is 9.43. The molecule has 6 aromatic carbocycles. The minimum atomic E-state index is 0. The van der Waals surface area contributed by atoms with E-state index in [0.29, 0.717) is 0 Å². The summed E-state index contributed by atoms with van der Waals surface area (Å²) in [7, 11) is 0. The van der Waals surface area contributed by atoms with Gasteiger partial charge in [-0.25, -0.2) is 0 Å². The Morgan fingerprint density at radius 3 is 1.21 bits per heavy atom. The van der Waals surface area contributed by atoms with Crippen molar-refractivity contribution >= 4 is 3.26 Å². The van der Waals surface area contributed by atoms with Gasteiger partial charge in [0, 0.05) is 0 Å². The molecule has 0 aliphatic heterocycles. The van der Waals surface area contributed by atoms with E-state index in [1.165, 1.54) is 58.9 Å². The van der Waals surface area contributed by atoms with Crippen molar-refractivity contribution in [3.05, 3.63) is 191 Å². The average Bonchev–Trinajstić information content (AvgIpc) is 3.61. The molecule has 0 bridgehead atoms. The predicted molar refractivity (Wildman–Crippen MR) is 163 cm³/mol. The van der Waals surface area contributed by atoms with Gasteiger partial charge in [0.25, 0.3) is 0 Å². The van der Waals surface area contributed by atoms with Gasteiger partial charge >= 0.3 is 98.9 Å². The van der Waals surface area contributed by atoms with Gasteiger partial charge < -0.3 is 24.8 Å². The van der Waals surface area contributed by atoms with E-state index >= 15 is 0 Å². The Kier molecular flexibility index (Phi) is 11.4. The molecule has 0 saturated heterocycles. The molecule has 0 saturated carbocycles. The summed E-state index contributed by atoms with van der Waals surface area (Å²) in [6, 6.07) is 57.4. The summed E-state index contributed by atoms with van der Waals surface area (Å²) in [4.78, 5) is 0. The van der Waals surface area contributed by atoms with Crippen molar-refractivity contribution in [2.24, 2.45) is 0 Å². The van der Waals surface area contributed by atoms with Gasteiger partial charge in [0.15, 0.2) is 0 Å². The quantitative estimate of drug-likeness (QED) is 0.189. The van der Waals surface area contributed by atoms with Gasteiger partial charge in [-0.15, -0.1) is 11.1 Å².